The summed E-state index contributed by atoms with van der Waals surface area (Å²) < 4.78 is 0. The predicted octanol–water partition coefficient (Wildman–Crippen LogP) is 0.682. The molecule has 1 aliphatic heterocycles. The number of aliphatic hydroxyl groups is 1. The molecule has 0 radical (unpaired) electrons. The molecule has 0 aliphatic carbocycles. The molecule has 1 aromatic carbocycles. The molecule has 3 rings (SSSR count). The molecule has 2 aromatic rings. The van der Waals surface area contributed by atoms with E-state index in [1.807, 2.05) is 31.3 Å². The molecule has 6 heteroatoms. The van der Waals surface area contributed by atoms with E-state index in [1.165, 1.54) is 0 Å². The molecule has 0 unspecified atom stereocenters. The molecule has 2 N–H and O–H groups in total. The van der Waals surface area contributed by atoms with Crippen LogP contribution in [0.5, 0.6) is 0 Å². The number of carbonyl (C=O) groups is 2. The summed E-state index contributed by atoms with van der Waals surface area (Å²) in [7, 11) is 0. The molecule has 0 saturated carbocycles. The zero-order chi connectivity index (χ0) is 16.4. The molecular formula is C17H21N3O3. The molecule has 1 saturated heterocycles. The first-order valence-corrected chi connectivity index (χ1v) is 7.82. The van der Waals surface area contributed by atoms with Gasteiger partial charge in [-0.15, -0.1) is 0 Å². The van der Waals surface area contributed by atoms with Gasteiger partial charge in [0.15, 0.2) is 0 Å². The third-order valence-electron chi connectivity index (χ3n) is 4.46. The first kappa shape index (κ1) is 15.6. The number of aryl methyl sites for hydroxylation is 1. The fourth-order valence-electron chi connectivity index (χ4n) is 3.17. The average Bonchev–Trinajstić information content (AvgIpc) is 2.98. The lowest BCUT2D eigenvalue weighted by Crippen LogP contribution is -2.51. The summed E-state index contributed by atoms with van der Waals surface area (Å²) in [5, 5.41) is 10.0. The van der Waals surface area contributed by atoms with Gasteiger partial charge in [-0.2, -0.15) is 0 Å². The Morgan fingerprint density at radius 2 is 1.78 bits per heavy atom. The number of aromatic amines is 1. The van der Waals surface area contributed by atoms with Crippen LogP contribution in [0.25, 0.3) is 10.9 Å². The number of nitrogens with one attached hydrogen (secondary N) is 1. The number of carbonyl (C=O) groups excluding carboxylic acids is 2. The van der Waals surface area contributed by atoms with Crippen LogP contribution in [0.4, 0.5) is 0 Å². The number of rotatable bonds is 3. The van der Waals surface area contributed by atoms with Gasteiger partial charge in [0.05, 0.1) is 6.42 Å². The highest BCUT2D eigenvalue weighted by molar-refractivity contribution is 5.91. The SMILES string of the molecule is Cc1cccc2[nH]cc(CC(=O)N3CCN(C(=O)CO)CC3)c12. The smallest absolute Gasteiger partial charge is 0.248 e. The van der Waals surface area contributed by atoms with Gasteiger partial charge in [-0.1, -0.05) is 12.1 Å². The minimum absolute atomic E-state index is 0.0743. The number of nitrogens with zero attached hydrogens (tertiary/aromatic N) is 2. The van der Waals surface area contributed by atoms with Crippen LogP contribution in [0.3, 0.4) is 0 Å². The molecule has 1 aromatic heterocycles. The van der Waals surface area contributed by atoms with E-state index in [4.69, 9.17) is 5.11 Å². The van der Waals surface area contributed by atoms with E-state index >= 15 is 0 Å². The van der Waals surface area contributed by atoms with Gasteiger partial charge in [0.25, 0.3) is 0 Å². The number of benzene rings is 1. The van der Waals surface area contributed by atoms with Crippen LogP contribution in [-0.4, -0.2) is 64.5 Å². The van der Waals surface area contributed by atoms with Crippen LogP contribution in [0.1, 0.15) is 11.1 Å². The first-order chi connectivity index (χ1) is 11.1. The van der Waals surface area contributed by atoms with Crippen molar-refractivity contribution in [1.82, 2.24) is 14.8 Å². The lowest BCUT2D eigenvalue weighted by molar-refractivity contribution is -0.140. The van der Waals surface area contributed by atoms with Crippen molar-refractivity contribution < 1.29 is 14.7 Å². The maximum Gasteiger partial charge on any atom is 0.248 e. The van der Waals surface area contributed by atoms with Crippen LogP contribution < -0.4 is 0 Å². The lowest BCUT2D eigenvalue weighted by Gasteiger charge is -2.34. The predicted molar refractivity (Wildman–Crippen MR) is 87.0 cm³/mol. The van der Waals surface area contributed by atoms with E-state index in [0.29, 0.717) is 32.6 Å². The second kappa shape index (κ2) is 6.42. The Balaban J connectivity index is 1.67. The van der Waals surface area contributed by atoms with Crippen molar-refractivity contribution in [3.8, 4) is 0 Å². The summed E-state index contributed by atoms with van der Waals surface area (Å²) in [6.45, 7) is 3.58. The maximum absolute atomic E-state index is 12.5. The maximum atomic E-state index is 12.5. The molecule has 23 heavy (non-hydrogen) atoms. The Kier molecular flexibility index (Phi) is 4.34. The van der Waals surface area contributed by atoms with Gasteiger partial charge in [0.2, 0.25) is 11.8 Å². The van der Waals surface area contributed by atoms with Gasteiger partial charge in [0.1, 0.15) is 6.61 Å². The molecule has 2 heterocycles. The second-order valence-corrected chi connectivity index (χ2v) is 5.91. The minimum Gasteiger partial charge on any atom is -0.387 e. The Hall–Kier alpha value is -2.34. The highest BCUT2D eigenvalue weighted by Crippen LogP contribution is 2.23. The van der Waals surface area contributed by atoms with Crippen molar-refractivity contribution in [2.75, 3.05) is 32.8 Å². The van der Waals surface area contributed by atoms with Crippen molar-refractivity contribution in [3.05, 3.63) is 35.5 Å². The van der Waals surface area contributed by atoms with E-state index in [2.05, 4.69) is 4.98 Å². The van der Waals surface area contributed by atoms with Gasteiger partial charge in [0, 0.05) is 43.3 Å². The molecule has 6 nitrogen and oxygen atoms in total. The van der Waals surface area contributed by atoms with E-state index in [9.17, 15) is 9.59 Å². The van der Waals surface area contributed by atoms with E-state index in [0.717, 1.165) is 22.0 Å². The average molecular weight is 315 g/mol. The molecular weight excluding hydrogens is 294 g/mol. The van der Waals surface area contributed by atoms with E-state index < -0.39 is 6.61 Å². The van der Waals surface area contributed by atoms with Crippen molar-refractivity contribution in [2.45, 2.75) is 13.3 Å². The number of amides is 2. The standard InChI is InChI=1S/C17H21N3O3/c1-12-3-2-4-14-17(12)13(10-18-14)9-15(22)19-5-7-20(8-6-19)16(23)11-21/h2-4,10,18,21H,5-9,11H2,1H3. The van der Waals surface area contributed by atoms with Crippen molar-refractivity contribution >= 4 is 22.7 Å². The fourth-order valence-corrected chi connectivity index (χ4v) is 3.17. The summed E-state index contributed by atoms with van der Waals surface area (Å²) in [5.74, 6) is -0.199. The van der Waals surface area contributed by atoms with Gasteiger partial charge < -0.3 is 19.9 Å². The van der Waals surface area contributed by atoms with Gasteiger partial charge >= 0.3 is 0 Å². The quantitative estimate of drug-likeness (QED) is 0.874. The molecule has 122 valence electrons. The van der Waals surface area contributed by atoms with Crippen LogP contribution in [0, 0.1) is 6.92 Å². The number of aromatic nitrogens is 1. The molecule has 0 bridgehead atoms. The Bertz CT molecular complexity index is 730. The lowest BCUT2D eigenvalue weighted by atomic mass is 10.0. The van der Waals surface area contributed by atoms with Gasteiger partial charge in [-0.05, 0) is 24.1 Å². The number of H-pyrrole nitrogens is 1. The monoisotopic (exact) mass is 315 g/mol. The zero-order valence-corrected chi connectivity index (χ0v) is 13.2. The summed E-state index contributed by atoms with van der Waals surface area (Å²) >= 11 is 0. The zero-order valence-electron chi connectivity index (χ0n) is 13.2. The second-order valence-electron chi connectivity index (χ2n) is 5.91. The molecule has 0 atom stereocenters. The first-order valence-electron chi connectivity index (χ1n) is 7.82. The van der Waals surface area contributed by atoms with Crippen molar-refractivity contribution in [3.63, 3.8) is 0 Å². The van der Waals surface area contributed by atoms with Crippen LogP contribution in [0.15, 0.2) is 24.4 Å². The van der Waals surface area contributed by atoms with Gasteiger partial charge in [-0.25, -0.2) is 0 Å². The van der Waals surface area contributed by atoms with Crippen LogP contribution in [0.2, 0.25) is 0 Å². The molecule has 1 fully saturated rings. The topological polar surface area (TPSA) is 76.6 Å². The Labute approximate surface area is 134 Å². The summed E-state index contributed by atoms with van der Waals surface area (Å²) in [4.78, 5) is 30.6. The summed E-state index contributed by atoms with van der Waals surface area (Å²) in [5.41, 5.74) is 3.22. The van der Waals surface area contributed by atoms with Crippen LogP contribution in [-0.2, 0) is 16.0 Å². The molecule has 0 spiro atoms. The minimum atomic E-state index is -0.470. The number of piperazine rings is 1. The van der Waals surface area contributed by atoms with E-state index in [-0.39, 0.29) is 11.8 Å². The normalized spacial score (nSPS) is 15.2. The number of aliphatic hydroxyl groups excluding tert-OH is 1. The third-order valence-corrected chi connectivity index (χ3v) is 4.46. The summed E-state index contributed by atoms with van der Waals surface area (Å²) in [6, 6.07) is 6.05. The molecule has 2 amide bonds. The number of hydrogen-bond acceptors (Lipinski definition) is 3. The third kappa shape index (κ3) is 3.07. The van der Waals surface area contributed by atoms with E-state index in [1.54, 1.807) is 9.80 Å². The Morgan fingerprint density at radius 1 is 1.13 bits per heavy atom. The fraction of sp³-hybridized carbons (Fsp3) is 0.412. The highest BCUT2D eigenvalue weighted by atomic mass is 16.3. The Morgan fingerprint density at radius 3 is 2.43 bits per heavy atom. The highest BCUT2D eigenvalue weighted by Gasteiger charge is 2.24. The number of fused-ring (bicyclic) bond motifs is 1. The largest absolute Gasteiger partial charge is 0.387 e. The summed E-state index contributed by atoms with van der Waals surface area (Å²) in [6.07, 6.45) is 2.26. The van der Waals surface area contributed by atoms with Crippen molar-refractivity contribution in [2.24, 2.45) is 0 Å². The van der Waals surface area contributed by atoms with Gasteiger partial charge in [-0.3, -0.25) is 9.59 Å². The number of hydrogen-bond donors (Lipinski definition) is 2. The molecule has 1 aliphatic rings. The van der Waals surface area contributed by atoms with Crippen molar-refractivity contribution in [1.29, 1.82) is 0 Å². The van der Waals surface area contributed by atoms with Crippen LogP contribution >= 0.6 is 0 Å².